The van der Waals surface area contributed by atoms with E-state index in [1.54, 1.807) is 6.07 Å². The maximum atomic E-state index is 12.1. The van der Waals surface area contributed by atoms with Crippen molar-refractivity contribution in [3.05, 3.63) is 53.6 Å². The maximum absolute atomic E-state index is 12.1. The lowest BCUT2D eigenvalue weighted by atomic mass is 10.1. The molecule has 0 aliphatic carbocycles. The molecule has 0 bridgehead atoms. The molecule has 0 saturated carbocycles. The fourth-order valence-corrected chi connectivity index (χ4v) is 2.14. The molecule has 0 aromatic heterocycles. The fraction of sp³-hybridized carbons (Fsp3) is 0.211. The third-order valence-electron chi connectivity index (χ3n) is 3.39. The van der Waals surface area contributed by atoms with E-state index in [4.69, 9.17) is 18.9 Å². The summed E-state index contributed by atoms with van der Waals surface area (Å²) in [7, 11) is 2.94. The first-order valence-corrected chi connectivity index (χ1v) is 7.65. The average Bonchev–Trinajstić information content (AvgIpc) is 2.65. The Kier molecular flexibility index (Phi) is 6.32. The predicted molar refractivity (Wildman–Crippen MR) is 91.9 cm³/mol. The van der Waals surface area contributed by atoms with Gasteiger partial charge in [0.05, 0.1) is 19.8 Å². The smallest absolute Gasteiger partial charge is 0.338 e. The Balaban J connectivity index is 1.98. The number of ketones is 1. The van der Waals surface area contributed by atoms with Crippen molar-refractivity contribution in [2.24, 2.45) is 0 Å². The molecule has 2 aromatic rings. The minimum absolute atomic E-state index is 0.237. The van der Waals surface area contributed by atoms with Crippen LogP contribution in [0.5, 0.6) is 17.2 Å². The molecule has 0 atom stereocenters. The quantitative estimate of drug-likeness (QED) is 0.427. The number of hydrogen-bond donors (Lipinski definition) is 0. The Labute approximate surface area is 150 Å². The van der Waals surface area contributed by atoms with Gasteiger partial charge in [0.25, 0.3) is 0 Å². The van der Waals surface area contributed by atoms with Crippen LogP contribution in [0.3, 0.4) is 0 Å². The number of hydrogen-bond acceptors (Lipinski definition) is 7. The van der Waals surface area contributed by atoms with Gasteiger partial charge < -0.3 is 18.9 Å². The molecular formula is C19H18O7. The van der Waals surface area contributed by atoms with Crippen LogP contribution >= 0.6 is 0 Å². The van der Waals surface area contributed by atoms with Crippen molar-refractivity contribution in [3.63, 3.8) is 0 Å². The number of Topliss-reactive ketones (excluding diaryl/α,β-unsaturated/α-hetero) is 1. The van der Waals surface area contributed by atoms with Gasteiger partial charge in [0.1, 0.15) is 5.75 Å². The molecule has 0 N–H and O–H groups in total. The van der Waals surface area contributed by atoms with Crippen LogP contribution in [0.15, 0.2) is 42.5 Å². The highest BCUT2D eigenvalue weighted by Gasteiger charge is 2.14. The van der Waals surface area contributed by atoms with Crippen molar-refractivity contribution < 1.29 is 33.3 Å². The summed E-state index contributed by atoms with van der Waals surface area (Å²) >= 11 is 0. The van der Waals surface area contributed by atoms with Crippen molar-refractivity contribution in [2.45, 2.75) is 6.92 Å². The summed E-state index contributed by atoms with van der Waals surface area (Å²) < 4.78 is 20.2. The molecule has 0 unspecified atom stereocenters. The first-order valence-electron chi connectivity index (χ1n) is 7.65. The van der Waals surface area contributed by atoms with E-state index in [1.807, 2.05) is 0 Å². The summed E-state index contributed by atoms with van der Waals surface area (Å²) in [6.07, 6.45) is 0. The predicted octanol–water partition coefficient (Wildman–Crippen LogP) is 2.67. The highest BCUT2D eigenvalue weighted by atomic mass is 16.5. The SMILES string of the molecule is COc1ccc(C(=O)OCC(=O)c2ccc(OC(C)=O)cc2)cc1OC. The lowest BCUT2D eigenvalue weighted by Crippen LogP contribution is -2.14. The van der Waals surface area contributed by atoms with Crippen molar-refractivity contribution >= 4 is 17.7 Å². The topological polar surface area (TPSA) is 88.1 Å². The Bertz CT molecular complexity index is 809. The molecule has 26 heavy (non-hydrogen) atoms. The van der Waals surface area contributed by atoms with E-state index in [1.165, 1.54) is 57.5 Å². The van der Waals surface area contributed by atoms with E-state index < -0.39 is 18.5 Å². The second-order valence-electron chi connectivity index (χ2n) is 5.19. The number of esters is 2. The molecule has 0 saturated heterocycles. The summed E-state index contributed by atoms with van der Waals surface area (Å²) in [4.78, 5) is 35.1. The standard InChI is InChI=1S/C19H18O7/c1-12(20)26-15-7-4-13(5-8-15)16(21)11-25-19(22)14-6-9-17(23-2)18(10-14)24-3/h4-10H,11H2,1-3H3. The molecule has 7 nitrogen and oxygen atoms in total. The number of methoxy groups -OCH3 is 2. The monoisotopic (exact) mass is 358 g/mol. The van der Waals surface area contributed by atoms with Crippen LogP contribution in [0.25, 0.3) is 0 Å². The zero-order chi connectivity index (χ0) is 19.1. The lowest BCUT2D eigenvalue weighted by molar-refractivity contribution is -0.131. The highest BCUT2D eigenvalue weighted by molar-refractivity contribution is 5.99. The Hall–Kier alpha value is -3.35. The zero-order valence-corrected chi connectivity index (χ0v) is 14.6. The second kappa shape index (κ2) is 8.66. The molecule has 7 heteroatoms. The first-order chi connectivity index (χ1) is 12.4. The van der Waals surface area contributed by atoms with E-state index in [9.17, 15) is 14.4 Å². The van der Waals surface area contributed by atoms with Gasteiger partial charge in [-0.25, -0.2) is 4.79 Å². The van der Waals surface area contributed by atoms with Crippen LogP contribution in [0.4, 0.5) is 0 Å². The van der Waals surface area contributed by atoms with Crippen molar-refractivity contribution in [2.75, 3.05) is 20.8 Å². The molecule has 0 radical (unpaired) electrons. The summed E-state index contributed by atoms with van der Waals surface area (Å²) in [5.74, 6) is -0.296. The summed E-state index contributed by atoms with van der Waals surface area (Å²) in [6, 6.07) is 10.5. The van der Waals surface area contributed by atoms with Gasteiger partial charge in [0.15, 0.2) is 23.9 Å². The van der Waals surface area contributed by atoms with Crippen LogP contribution in [0.2, 0.25) is 0 Å². The summed E-state index contributed by atoms with van der Waals surface area (Å²) in [5, 5.41) is 0. The van der Waals surface area contributed by atoms with Crippen molar-refractivity contribution in [1.29, 1.82) is 0 Å². The molecular weight excluding hydrogens is 340 g/mol. The number of benzene rings is 2. The van der Waals surface area contributed by atoms with E-state index in [2.05, 4.69) is 0 Å². The van der Waals surface area contributed by atoms with Gasteiger partial charge in [0.2, 0.25) is 0 Å². The van der Waals surface area contributed by atoms with Crippen LogP contribution in [-0.4, -0.2) is 38.5 Å². The Morgan fingerprint density at radius 3 is 2.04 bits per heavy atom. The Morgan fingerprint density at radius 1 is 0.846 bits per heavy atom. The van der Waals surface area contributed by atoms with Gasteiger partial charge in [-0.05, 0) is 42.5 Å². The maximum Gasteiger partial charge on any atom is 0.338 e. The van der Waals surface area contributed by atoms with E-state index >= 15 is 0 Å². The molecule has 0 fully saturated rings. The van der Waals surface area contributed by atoms with Crippen LogP contribution in [0, 0.1) is 0 Å². The summed E-state index contributed by atoms with van der Waals surface area (Å²) in [6.45, 7) is 0.868. The van der Waals surface area contributed by atoms with E-state index in [-0.39, 0.29) is 11.3 Å². The molecule has 2 aromatic carbocycles. The normalized spacial score (nSPS) is 9.96. The first kappa shape index (κ1) is 19.0. The second-order valence-corrected chi connectivity index (χ2v) is 5.19. The van der Waals surface area contributed by atoms with Crippen molar-refractivity contribution in [3.8, 4) is 17.2 Å². The van der Waals surface area contributed by atoms with Crippen LogP contribution < -0.4 is 14.2 Å². The molecule has 0 aliphatic heterocycles. The fourth-order valence-electron chi connectivity index (χ4n) is 2.14. The van der Waals surface area contributed by atoms with Crippen molar-refractivity contribution in [1.82, 2.24) is 0 Å². The molecule has 0 amide bonds. The Morgan fingerprint density at radius 2 is 1.46 bits per heavy atom. The van der Waals surface area contributed by atoms with Gasteiger partial charge in [-0.1, -0.05) is 0 Å². The average molecular weight is 358 g/mol. The van der Waals surface area contributed by atoms with Gasteiger partial charge in [-0.3, -0.25) is 9.59 Å². The van der Waals surface area contributed by atoms with E-state index in [0.717, 1.165) is 0 Å². The zero-order valence-electron chi connectivity index (χ0n) is 14.6. The van der Waals surface area contributed by atoms with Gasteiger partial charge in [-0.2, -0.15) is 0 Å². The molecule has 0 spiro atoms. The largest absolute Gasteiger partial charge is 0.493 e. The lowest BCUT2D eigenvalue weighted by Gasteiger charge is -2.09. The highest BCUT2D eigenvalue weighted by Crippen LogP contribution is 2.27. The number of ether oxygens (including phenoxy) is 4. The molecule has 0 heterocycles. The number of carbonyl (C=O) groups excluding carboxylic acids is 3. The molecule has 136 valence electrons. The van der Waals surface area contributed by atoms with Gasteiger partial charge in [-0.15, -0.1) is 0 Å². The number of carbonyl (C=O) groups is 3. The number of rotatable bonds is 7. The summed E-state index contributed by atoms with van der Waals surface area (Å²) in [5.41, 5.74) is 0.571. The van der Waals surface area contributed by atoms with Crippen LogP contribution in [0.1, 0.15) is 27.6 Å². The van der Waals surface area contributed by atoms with Gasteiger partial charge in [0, 0.05) is 12.5 Å². The van der Waals surface area contributed by atoms with Gasteiger partial charge >= 0.3 is 11.9 Å². The van der Waals surface area contributed by atoms with Crippen LogP contribution in [-0.2, 0) is 9.53 Å². The van der Waals surface area contributed by atoms with E-state index in [0.29, 0.717) is 22.8 Å². The third kappa shape index (κ3) is 4.83. The minimum Gasteiger partial charge on any atom is -0.493 e. The third-order valence-corrected chi connectivity index (χ3v) is 3.39. The molecule has 0 aliphatic rings. The minimum atomic E-state index is -0.657. The molecule has 2 rings (SSSR count).